The summed E-state index contributed by atoms with van der Waals surface area (Å²) in [7, 11) is 0. The number of carbonyl (C=O) groups excluding carboxylic acids is 1. The van der Waals surface area contributed by atoms with Crippen molar-refractivity contribution in [2.45, 2.75) is 57.4 Å². The van der Waals surface area contributed by atoms with Crippen LogP contribution in [-0.2, 0) is 6.54 Å². The largest absolute Gasteiger partial charge is 0.503 e. The molecule has 34 heavy (non-hydrogen) atoms. The first kappa shape index (κ1) is 22.4. The van der Waals surface area contributed by atoms with Crippen molar-refractivity contribution in [3.8, 4) is 11.5 Å². The topological polar surface area (TPSA) is 106 Å². The Morgan fingerprint density at radius 3 is 2.85 bits per heavy atom. The van der Waals surface area contributed by atoms with Gasteiger partial charge in [-0.2, -0.15) is 5.10 Å². The van der Waals surface area contributed by atoms with Crippen LogP contribution in [-0.4, -0.2) is 38.9 Å². The van der Waals surface area contributed by atoms with Gasteiger partial charge in [0.1, 0.15) is 12.4 Å². The molecule has 2 aliphatic carbocycles. The highest BCUT2D eigenvalue weighted by Crippen LogP contribution is 2.53. The number of allylic oxidation sites excluding steroid dienone is 1. The second-order valence-electron chi connectivity index (χ2n) is 9.43. The lowest BCUT2D eigenvalue weighted by atomic mass is 9.69. The van der Waals surface area contributed by atoms with Gasteiger partial charge in [-0.1, -0.05) is 37.1 Å². The van der Waals surface area contributed by atoms with Crippen molar-refractivity contribution >= 4 is 12.0 Å². The van der Waals surface area contributed by atoms with Gasteiger partial charge in [-0.15, -0.1) is 0 Å². The van der Waals surface area contributed by atoms with Gasteiger partial charge in [0.25, 0.3) is 11.3 Å². The Kier molecular flexibility index (Phi) is 6.22. The second kappa shape index (κ2) is 9.44. The van der Waals surface area contributed by atoms with E-state index in [1.54, 1.807) is 4.68 Å². The molecule has 1 fully saturated rings. The number of aromatic hydroxyl groups is 1. The molecular weight excluding hydrogens is 432 g/mol. The third-order valence-electron chi connectivity index (χ3n) is 7.29. The van der Waals surface area contributed by atoms with E-state index in [2.05, 4.69) is 22.6 Å². The molecular formula is C26H30N4O4. The fourth-order valence-electron chi connectivity index (χ4n) is 5.69. The summed E-state index contributed by atoms with van der Waals surface area (Å²) in [6.07, 6.45) is 18.0. The molecule has 3 heterocycles. The van der Waals surface area contributed by atoms with Crippen molar-refractivity contribution in [2.24, 2.45) is 5.41 Å². The lowest BCUT2D eigenvalue weighted by Crippen LogP contribution is -2.36. The van der Waals surface area contributed by atoms with E-state index in [4.69, 9.17) is 9.72 Å². The van der Waals surface area contributed by atoms with E-state index in [1.165, 1.54) is 6.20 Å². The van der Waals surface area contributed by atoms with E-state index in [1.807, 2.05) is 24.4 Å². The van der Waals surface area contributed by atoms with Crippen LogP contribution in [0.2, 0.25) is 0 Å². The number of hydrogen-bond donors (Lipinski definition) is 2. The highest BCUT2D eigenvalue weighted by Gasteiger charge is 2.44. The maximum atomic E-state index is 12.7. The van der Waals surface area contributed by atoms with Crippen LogP contribution in [0.3, 0.4) is 0 Å². The van der Waals surface area contributed by atoms with Crippen molar-refractivity contribution in [1.82, 2.24) is 20.1 Å². The highest BCUT2D eigenvalue weighted by molar-refractivity contribution is 5.92. The van der Waals surface area contributed by atoms with Gasteiger partial charge >= 0.3 is 0 Å². The number of carbonyl (C=O) groups is 1. The molecule has 0 radical (unpaired) electrons. The van der Waals surface area contributed by atoms with Gasteiger partial charge in [-0.3, -0.25) is 19.3 Å². The van der Waals surface area contributed by atoms with Crippen LogP contribution in [0.25, 0.3) is 6.08 Å². The standard InChI is InChI=1S/C26H30N4O4/c31-20-16-30-17-26(11-4-5-12-26)19-9-3-2-8-18-21(10-14-27-22(18)19)34-15-7-1-6-13-28-25(33)23(29-30)24(20)32/h1-2,7-8,10,14,16,19,31H,3-6,9,11-13,15,17H2,(H,28,33)/b7-1+. The molecule has 3 aliphatic rings. The Balaban J connectivity index is 1.64. The van der Waals surface area contributed by atoms with Crippen LogP contribution >= 0.6 is 0 Å². The molecule has 1 unspecified atom stereocenters. The van der Waals surface area contributed by atoms with Gasteiger partial charge in [0.2, 0.25) is 0 Å². The molecule has 6 bridgehead atoms. The molecule has 8 nitrogen and oxygen atoms in total. The Hall–Kier alpha value is -3.42. The minimum atomic E-state index is -0.744. The van der Waals surface area contributed by atoms with E-state index in [0.29, 0.717) is 26.1 Å². The molecule has 2 N–H and O–H groups in total. The maximum absolute atomic E-state index is 12.7. The minimum absolute atomic E-state index is 0.150. The fourth-order valence-corrected chi connectivity index (χ4v) is 5.69. The number of hydrogen-bond acceptors (Lipinski definition) is 6. The Labute approximate surface area is 198 Å². The monoisotopic (exact) mass is 462 g/mol. The molecule has 2 aromatic heterocycles. The molecule has 0 aromatic carbocycles. The summed E-state index contributed by atoms with van der Waals surface area (Å²) in [4.78, 5) is 30.0. The summed E-state index contributed by atoms with van der Waals surface area (Å²) in [6.45, 7) is 1.27. The molecule has 1 atom stereocenters. The van der Waals surface area contributed by atoms with E-state index in [-0.39, 0.29) is 17.0 Å². The van der Waals surface area contributed by atoms with Gasteiger partial charge < -0.3 is 15.2 Å². The third-order valence-corrected chi connectivity index (χ3v) is 7.29. The molecule has 178 valence electrons. The van der Waals surface area contributed by atoms with Crippen LogP contribution in [0.15, 0.2) is 41.5 Å². The summed E-state index contributed by atoms with van der Waals surface area (Å²) in [5, 5.41) is 17.5. The summed E-state index contributed by atoms with van der Waals surface area (Å²) in [5.41, 5.74) is 0.897. The van der Waals surface area contributed by atoms with Gasteiger partial charge in [0, 0.05) is 30.8 Å². The van der Waals surface area contributed by atoms with Crippen molar-refractivity contribution in [3.05, 3.63) is 63.9 Å². The fraction of sp³-hybridized carbons (Fsp3) is 0.462. The lowest BCUT2D eigenvalue weighted by Gasteiger charge is -2.38. The first-order chi connectivity index (χ1) is 16.6. The number of aromatic nitrogens is 3. The number of ether oxygens (including phenoxy) is 1. The molecule has 1 amide bonds. The van der Waals surface area contributed by atoms with Gasteiger partial charge in [-0.25, -0.2) is 0 Å². The molecule has 1 saturated carbocycles. The molecule has 1 spiro atoms. The van der Waals surface area contributed by atoms with Crippen LogP contribution in [0.5, 0.6) is 11.5 Å². The quantitative estimate of drug-likeness (QED) is 0.580. The molecule has 2 aromatic rings. The molecule has 1 aliphatic heterocycles. The van der Waals surface area contributed by atoms with Crippen LogP contribution in [0, 0.1) is 5.41 Å². The van der Waals surface area contributed by atoms with Crippen molar-refractivity contribution in [1.29, 1.82) is 0 Å². The predicted octanol–water partition coefficient (Wildman–Crippen LogP) is 3.56. The molecule has 8 heteroatoms. The number of rotatable bonds is 0. The van der Waals surface area contributed by atoms with Crippen LogP contribution in [0.1, 0.15) is 72.6 Å². The van der Waals surface area contributed by atoms with E-state index >= 15 is 0 Å². The maximum Gasteiger partial charge on any atom is 0.275 e. The Morgan fingerprint density at radius 1 is 1.15 bits per heavy atom. The zero-order valence-corrected chi connectivity index (χ0v) is 19.2. The Morgan fingerprint density at radius 2 is 2.00 bits per heavy atom. The summed E-state index contributed by atoms with van der Waals surface area (Å²) in [5.74, 6) is -0.0402. The summed E-state index contributed by atoms with van der Waals surface area (Å²) >= 11 is 0. The number of amides is 1. The highest BCUT2D eigenvalue weighted by atomic mass is 16.5. The van der Waals surface area contributed by atoms with E-state index in [9.17, 15) is 14.7 Å². The van der Waals surface area contributed by atoms with E-state index < -0.39 is 17.1 Å². The SMILES string of the molecule is O=C1NCC/C=C/COc2ccnc3c2C=CCCC3C2(CCCC2)Cn2cc(O)c(=O)c1n2. The second-order valence-corrected chi connectivity index (χ2v) is 9.43. The predicted molar refractivity (Wildman–Crippen MR) is 128 cm³/mol. The van der Waals surface area contributed by atoms with Gasteiger partial charge in [0.15, 0.2) is 11.4 Å². The normalized spacial score (nSPS) is 22.9. The number of nitrogens with zero attached hydrogens (tertiary/aromatic N) is 3. The first-order valence-corrected chi connectivity index (χ1v) is 12.1. The van der Waals surface area contributed by atoms with Gasteiger partial charge in [-0.05, 0) is 43.6 Å². The van der Waals surface area contributed by atoms with E-state index in [0.717, 1.165) is 55.5 Å². The number of pyridine rings is 1. The molecule has 5 rings (SSSR count). The number of fused-ring (bicyclic) bond motifs is 3. The summed E-state index contributed by atoms with van der Waals surface area (Å²) < 4.78 is 7.71. The average Bonchev–Trinajstić information content (AvgIpc) is 3.18. The smallest absolute Gasteiger partial charge is 0.275 e. The Bertz CT molecular complexity index is 1190. The van der Waals surface area contributed by atoms with Crippen LogP contribution in [0.4, 0.5) is 0 Å². The average molecular weight is 463 g/mol. The lowest BCUT2D eigenvalue weighted by molar-refractivity contribution is 0.0942. The first-order valence-electron chi connectivity index (χ1n) is 12.1. The minimum Gasteiger partial charge on any atom is -0.503 e. The number of nitrogens with one attached hydrogen (secondary N) is 1. The van der Waals surface area contributed by atoms with Crippen molar-refractivity contribution in [2.75, 3.05) is 13.2 Å². The summed E-state index contributed by atoms with van der Waals surface area (Å²) in [6, 6.07) is 1.92. The zero-order chi connectivity index (χ0) is 23.5. The zero-order valence-electron chi connectivity index (χ0n) is 19.2. The van der Waals surface area contributed by atoms with Crippen molar-refractivity contribution < 1.29 is 14.6 Å². The van der Waals surface area contributed by atoms with Crippen molar-refractivity contribution in [3.63, 3.8) is 0 Å². The third kappa shape index (κ3) is 4.24. The van der Waals surface area contributed by atoms with Crippen LogP contribution < -0.4 is 15.5 Å². The molecule has 0 saturated heterocycles. The van der Waals surface area contributed by atoms with Gasteiger partial charge in [0.05, 0.1) is 11.9 Å².